The van der Waals surface area contributed by atoms with E-state index in [1.165, 1.54) is 6.07 Å². The maximum atomic E-state index is 13.4. The SMILES string of the molecule is CC(C)n1cncc1CNCc1ccccc1F. The Morgan fingerprint density at radius 3 is 2.78 bits per heavy atom. The largest absolute Gasteiger partial charge is 0.331 e. The summed E-state index contributed by atoms with van der Waals surface area (Å²) in [6.45, 7) is 5.44. The molecule has 0 spiro atoms. The van der Waals surface area contributed by atoms with Crippen LogP contribution in [0, 0.1) is 5.82 Å². The van der Waals surface area contributed by atoms with Gasteiger partial charge in [0, 0.05) is 30.9 Å². The van der Waals surface area contributed by atoms with Crippen molar-refractivity contribution in [2.75, 3.05) is 0 Å². The van der Waals surface area contributed by atoms with Crippen LogP contribution in [-0.4, -0.2) is 9.55 Å². The first kappa shape index (κ1) is 12.8. The highest BCUT2D eigenvalue weighted by Gasteiger charge is 2.05. The average molecular weight is 247 g/mol. The topological polar surface area (TPSA) is 29.9 Å². The number of hydrogen-bond donors (Lipinski definition) is 1. The molecular weight excluding hydrogens is 229 g/mol. The van der Waals surface area contributed by atoms with Gasteiger partial charge in [-0.15, -0.1) is 0 Å². The number of benzene rings is 1. The van der Waals surface area contributed by atoms with Crippen LogP contribution in [0.25, 0.3) is 0 Å². The molecule has 3 nitrogen and oxygen atoms in total. The van der Waals surface area contributed by atoms with Gasteiger partial charge in [0.05, 0.1) is 12.0 Å². The average Bonchev–Trinajstić information content (AvgIpc) is 2.80. The summed E-state index contributed by atoms with van der Waals surface area (Å²) in [7, 11) is 0. The van der Waals surface area contributed by atoms with E-state index in [4.69, 9.17) is 0 Å². The van der Waals surface area contributed by atoms with E-state index in [-0.39, 0.29) is 5.82 Å². The van der Waals surface area contributed by atoms with E-state index >= 15 is 0 Å². The molecule has 0 aliphatic rings. The maximum absolute atomic E-state index is 13.4. The van der Waals surface area contributed by atoms with Crippen LogP contribution in [0.3, 0.4) is 0 Å². The second-order valence-corrected chi connectivity index (χ2v) is 4.58. The first-order valence-electron chi connectivity index (χ1n) is 6.13. The number of nitrogens with one attached hydrogen (secondary N) is 1. The highest BCUT2D eigenvalue weighted by Crippen LogP contribution is 2.09. The molecule has 1 N–H and O–H groups in total. The van der Waals surface area contributed by atoms with Crippen molar-refractivity contribution in [3.05, 3.63) is 53.9 Å². The Balaban J connectivity index is 1.93. The summed E-state index contributed by atoms with van der Waals surface area (Å²) in [6.07, 6.45) is 3.67. The Morgan fingerprint density at radius 1 is 1.28 bits per heavy atom. The van der Waals surface area contributed by atoms with Crippen LogP contribution in [-0.2, 0) is 13.1 Å². The number of aromatic nitrogens is 2. The minimum absolute atomic E-state index is 0.164. The Bertz CT molecular complexity index is 505. The van der Waals surface area contributed by atoms with Crippen LogP contribution >= 0.6 is 0 Å². The summed E-state index contributed by atoms with van der Waals surface area (Å²) in [5.74, 6) is -0.164. The molecule has 0 atom stereocenters. The summed E-state index contributed by atoms with van der Waals surface area (Å²) >= 11 is 0. The van der Waals surface area contributed by atoms with Gasteiger partial charge >= 0.3 is 0 Å². The van der Waals surface area contributed by atoms with Crippen molar-refractivity contribution in [3.63, 3.8) is 0 Å². The molecule has 0 fully saturated rings. The van der Waals surface area contributed by atoms with Gasteiger partial charge in [-0.25, -0.2) is 9.37 Å². The molecule has 1 aromatic heterocycles. The Labute approximate surface area is 107 Å². The lowest BCUT2D eigenvalue weighted by Gasteiger charge is -2.12. The maximum Gasteiger partial charge on any atom is 0.127 e. The summed E-state index contributed by atoms with van der Waals surface area (Å²) in [6, 6.07) is 7.21. The molecule has 1 heterocycles. The Morgan fingerprint density at radius 2 is 2.06 bits per heavy atom. The van der Waals surface area contributed by atoms with Crippen LogP contribution in [0.5, 0.6) is 0 Å². The molecule has 0 saturated heterocycles. The van der Waals surface area contributed by atoms with Crippen molar-refractivity contribution < 1.29 is 4.39 Å². The zero-order chi connectivity index (χ0) is 13.0. The van der Waals surface area contributed by atoms with Gasteiger partial charge in [0.1, 0.15) is 5.82 Å². The van der Waals surface area contributed by atoms with Gasteiger partial charge in [-0.05, 0) is 19.9 Å². The second-order valence-electron chi connectivity index (χ2n) is 4.58. The zero-order valence-electron chi connectivity index (χ0n) is 10.7. The molecule has 4 heteroatoms. The molecule has 0 aliphatic carbocycles. The van der Waals surface area contributed by atoms with Crippen molar-refractivity contribution in [1.82, 2.24) is 14.9 Å². The molecular formula is C14H18FN3. The zero-order valence-corrected chi connectivity index (χ0v) is 10.7. The molecule has 1 aromatic carbocycles. The summed E-state index contributed by atoms with van der Waals surface area (Å²) in [5.41, 5.74) is 1.80. The third-order valence-electron chi connectivity index (χ3n) is 2.88. The van der Waals surface area contributed by atoms with E-state index in [0.29, 0.717) is 24.7 Å². The number of nitrogens with zero attached hydrogens (tertiary/aromatic N) is 2. The first-order chi connectivity index (χ1) is 8.68. The van der Waals surface area contributed by atoms with Crippen LogP contribution in [0.1, 0.15) is 31.1 Å². The van der Waals surface area contributed by atoms with E-state index in [0.717, 1.165) is 5.69 Å². The summed E-state index contributed by atoms with van der Waals surface area (Å²) in [5, 5.41) is 3.24. The van der Waals surface area contributed by atoms with Crippen molar-refractivity contribution in [2.24, 2.45) is 0 Å². The molecule has 0 saturated carbocycles. The van der Waals surface area contributed by atoms with E-state index in [1.54, 1.807) is 12.1 Å². The number of halogens is 1. The van der Waals surface area contributed by atoms with E-state index in [2.05, 4.69) is 28.7 Å². The van der Waals surface area contributed by atoms with E-state index in [9.17, 15) is 4.39 Å². The van der Waals surface area contributed by atoms with Crippen molar-refractivity contribution in [1.29, 1.82) is 0 Å². The molecule has 18 heavy (non-hydrogen) atoms. The quantitative estimate of drug-likeness (QED) is 0.880. The van der Waals surface area contributed by atoms with Crippen LogP contribution in [0.15, 0.2) is 36.8 Å². The molecule has 2 rings (SSSR count). The summed E-state index contributed by atoms with van der Waals surface area (Å²) in [4.78, 5) is 4.14. The molecule has 0 bridgehead atoms. The predicted molar refractivity (Wildman–Crippen MR) is 69.6 cm³/mol. The highest BCUT2D eigenvalue weighted by atomic mass is 19.1. The minimum Gasteiger partial charge on any atom is -0.331 e. The number of hydrogen-bond acceptors (Lipinski definition) is 2. The van der Waals surface area contributed by atoms with Crippen LogP contribution < -0.4 is 5.32 Å². The van der Waals surface area contributed by atoms with Gasteiger partial charge in [-0.3, -0.25) is 0 Å². The Kier molecular flexibility index (Phi) is 4.10. The Hall–Kier alpha value is -1.68. The standard InChI is InChI=1S/C14H18FN3/c1-11(2)18-10-17-9-13(18)8-16-7-12-5-3-4-6-14(12)15/h3-6,9-11,16H,7-8H2,1-2H3. The molecule has 0 aliphatic heterocycles. The molecule has 0 radical (unpaired) electrons. The lowest BCUT2D eigenvalue weighted by atomic mass is 10.2. The molecule has 0 amide bonds. The van der Waals surface area contributed by atoms with Gasteiger partial charge in [-0.1, -0.05) is 18.2 Å². The van der Waals surface area contributed by atoms with Crippen molar-refractivity contribution in [3.8, 4) is 0 Å². The van der Waals surface area contributed by atoms with E-state index < -0.39 is 0 Å². The van der Waals surface area contributed by atoms with Gasteiger partial charge in [-0.2, -0.15) is 0 Å². The lowest BCUT2D eigenvalue weighted by Crippen LogP contribution is -2.17. The summed E-state index contributed by atoms with van der Waals surface area (Å²) < 4.78 is 15.5. The van der Waals surface area contributed by atoms with Gasteiger partial charge < -0.3 is 9.88 Å². The number of rotatable bonds is 5. The van der Waals surface area contributed by atoms with Crippen LogP contribution in [0.2, 0.25) is 0 Å². The lowest BCUT2D eigenvalue weighted by molar-refractivity contribution is 0.542. The van der Waals surface area contributed by atoms with Crippen molar-refractivity contribution >= 4 is 0 Å². The van der Waals surface area contributed by atoms with Crippen LogP contribution in [0.4, 0.5) is 4.39 Å². The molecule has 0 unspecified atom stereocenters. The fourth-order valence-corrected chi connectivity index (χ4v) is 1.90. The smallest absolute Gasteiger partial charge is 0.127 e. The fraction of sp³-hybridized carbons (Fsp3) is 0.357. The fourth-order valence-electron chi connectivity index (χ4n) is 1.90. The second kappa shape index (κ2) is 5.78. The predicted octanol–water partition coefficient (Wildman–Crippen LogP) is 2.89. The third-order valence-corrected chi connectivity index (χ3v) is 2.88. The molecule has 96 valence electrons. The first-order valence-corrected chi connectivity index (χ1v) is 6.13. The van der Waals surface area contributed by atoms with Gasteiger partial charge in [0.2, 0.25) is 0 Å². The molecule has 2 aromatic rings. The van der Waals surface area contributed by atoms with Crippen molar-refractivity contribution in [2.45, 2.75) is 33.0 Å². The minimum atomic E-state index is -0.164. The monoisotopic (exact) mass is 247 g/mol. The normalized spacial score (nSPS) is 11.1. The van der Waals surface area contributed by atoms with Gasteiger partial charge in [0.25, 0.3) is 0 Å². The highest BCUT2D eigenvalue weighted by molar-refractivity contribution is 5.17. The number of imidazole rings is 1. The van der Waals surface area contributed by atoms with E-state index in [1.807, 2.05) is 18.6 Å². The third kappa shape index (κ3) is 2.96. The van der Waals surface area contributed by atoms with Gasteiger partial charge in [0.15, 0.2) is 0 Å².